The van der Waals surface area contributed by atoms with Crippen LogP contribution in [0.2, 0.25) is 0 Å². The molecule has 5 heteroatoms. The van der Waals surface area contributed by atoms with Crippen LogP contribution >= 0.6 is 0 Å². The van der Waals surface area contributed by atoms with Crippen molar-refractivity contribution in [2.24, 2.45) is 40.9 Å². The number of allylic oxidation sites excluding steroid dienone is 1. The van der Waals surface area contributed by atoms with Gasteiger partial charge in [-0.2, -0.15) is 13.2 Å². The average molecular weight is 457 g/mol. The van der Waals surface area contributed by atoms with Gasteiger partial charge in [0, 0.05) is 0 Å². The lowest BCUT2D eigenvalue weighted by molar-refractivity contribution is -0.205. The van der Waals surface area contributed by atoms with Gasteiger partial charge in [0.2, 0.25) is 0 Å². The number of aliphatic hydroxyl groups is 2. The van der Waals surface area contributed by atoms with Gasteiger partial charge >= 0.3 is 6.18 Å². The number of alkyl halides is 3. The fourth-order valence-corrected chi connectivity index (χ4v) is 8.64. The van der Waals surface area contributed by atoms with Crippen LogP contribution in [0.5, 0.6) is 0 Å². The van der Waals surface area contributed by atoms with Gasteiger partial charge < -0.3 is 10.2 Å². The highest BCUT2D eigenvalue weighted by atomic mass is 19.4. The first-order valence-corrected chi connectivity index (χ1v) is 13.1. The summed E-state index contributed by atoms with van der Waals surface area (Å²) in [5.74, 6) is 3.86. The minimum absolute atomic E-state index is 0.176. The van der Waals surface area contributed by atoms with Crippen molar-refractivity contribution in [3.05, 3.63) is 11.6 Å². The van der Waals surface area contributed by atoms with E-state index in [9.17, 15) is 23.4 Å². The number of aliphatic hydroxyl groups excluding tert-OH is 1. The van der Waals surface area contributed by atoms with Crippen molar-refractivity contribution in [2.75, 3.05) is 0 Å². The normalized spacial score (nSPS) is 43.6. The van der Waals surface area contributed by atoms with E-state index in [0.717, 1.165) is 56.3 Å². The topological polar surface area (TPSA) is 40.5 Å². The largest absolute Gasteiger partial charge is 0.414 e. The Morgan fingerprint density at radius 2 is 1.84 bits per heavy atom. The third-order valence-corrected chi connectivity index (χ3v) is 10.5. The van der Waals surface area contributed by atoms with E-state index >= 15 is 0 Å². The van der Waals surface area contributed by atoms with Crippen LogP contribution in [0.3, 0.4) is 0 Å². The van der Waals surface area contributed by atoms with Gasteiger partial charge in [-0.3, -0.25) is 0 Å². The van der Waals surface area contributed by atoms with Crippen LogP contribution in [0.1, 0.15) is 97.8 Å². The van der Waals surface area contributed by atoms with E-state index in [1.807, 2.05) is 0 Å². The van der Waals surface area contributed by atoms with Gasteiger partial charge in [-0.05, 0) is 105 Å². The molecule has 3 fully saturated rings. The summed E-state index contributed by atoms with van der Waals surface area (Å²) >= 11 is 0. The zero-order valence-electron chi connectivity index (χ0n) is 20.1. The molecule has 2 N–H and O–H groups in total. The molecule has 4 rings (SSSR count). The Balaban J connectivity index is 1.40. The second-order valence-corrected chi connectivity index (χ2v) is 12.0. The Labute approximate surface area is 192 Å². The molecule has 3 unspecified atom stereocenters. The Hall–Kier alpha value is -0.550. The summed E-state index contributed by atoms with van der Waals surface area (Å²) in [6, 6.07) is 0. The third-order valence-electron chi connectivity index (χ3n) is 10.5. The van der Waals surface area contributed by atoms with Gasteiger partial charge in [0.05, 0.1) is 5.60 Å². The van der Waals surface area contributed by atoms with E-state index in [2.05, 4.69) is 26.8 Å². The first-order chi connectivity index (χ1) is 15.0. The molecular weight excluding hydrogens is 413 g/mol. The lowest BCUT2D eigenvalue weighted by Crippen LogP contribution is -2.48. The third kappa shape index (κ3) is 4.42. The summed E-state index contributed by atoms with van der Waals surface area (Å²) in [5, 5.41) is 20.2. The fourth-order valence-electron chi connectivity index (χ4n) is 8.64. The predicted octanol–water partition coefficient (Wildman–Crippen LogP) is 7.05. The van der Waals surface area contributed by atoms with Crippen molar-refractivity contribution < 1.29 is 23.4 Å². The minimum Gasteiger partial charge on any atom is -0.390 e. The molecule has 0 saturated heterocycles. The number of halogens is 3. The molecule has 0 bridgehead atoms. The van der Waals surface area contributed by atoms with Gasteiger partial charge in [-0.1, -0.05) is 45.3 Å². The lowest BCUT2D eigenvalue weighted by atomic mass is 9.50. The maximum Gasteiger partial charge on any atom is 0.414 e. The summed E-state index contributed by atoms with van der Waals surface area (Å²) in [5.41, 5.74) is 1.33. The molecule has 0 aromatic rings. The second-order valence-electron chi connectivity index (χ2n) is 12.0. The first-order valence-electron chi connectivity index (χ1n) is 13.1. The lowest BCUT2D eigenvalue weighted by Gasteiger charge is -2.55. The van der Waals surface area contributed by atoms with Crippen molar-refractivity contribution in [1.29, 1.82) is 0 Å². The van der Waals surface area contributed by atoms with Gasteiger partial charge in [0.25, 0.3) is 0 Å². The maximum absolute atomic E-state index is 12.6. The van der Waals surface area contributed by atoms with Crippen molar-refractivity contribution >= 4 is 0 Å². The van der Waals surface area contributed by atoms with Crippen LogP contribution in [0.15, 0.2) is 11.6 Å². The molecule has 0 spiro atoms. The van der Waals surface area contributed by atoms with E-state index in [1.54, 1.807) is 0 Å². The number of hydrogen-bond acceptors (Lipinski definition) is 2. The number of hydrogen-bond donors (Lipinski definition) is 2. The Morgan fingerprint density at radius 3 is 2.53 bits per heavy atom. The molecular formula is C27H43F3O2. The molecule has 2 nitrogen and oxygen atoms in total. The maximum atomic E-state index is 12.6. The van der Waals surface area contributed by atoms with E-state index in [-0.39, 0.29) is 6.42 Å². The molecule has 4 aliphatic rings. The van der Waals surface area contributed by atoms with Crippen LogP contribution in [0.25, 0.3) is 0 Å². The summed E-state index contributed by atoms with van der Waals surface area (Å²) < 4.78 is 37.9. The highest BCUT2D eigenvalue weighted by Gasteiger charge is 2.57. The molecule has 0 aromatic heterocycles. The van der Waals surface area contributed by atoms with Crippen molar-refractivity contribution in [3.63, 3.8) is 0 Å². The van der Waals surface area contributed by atoms with Gasteiger partial charge in [-0.15, -0.1) is 0 Å². The monoisotopic (exact) mass is 456 g/mol. The quantitative estimate of drug-likeness (QED) is 0.421. The summed E-state index contributed by atoms with van der Waals surface area (Å²) in [6.45, 7) is 6.81. The Morgan fingerprint density at radius 1 is 1.09 bits per heavy atom. The SMILES string of the molecule is CC[C@]1(O)CC[C@H]2C(=CCC3[C@@H]2CC[C@]2(C)[C@@H](C(C)CCCC(O)C(F)(F)F)CC[C@@H]32)C1. The highest BCUT2D eigenvalue weighted by Crippen LogP contribution is 2.65. The molecule has 0 aliphatic heterocycles. The standard InChI is InChI=1S/C27H43F3O2/c1-4-26(32)15-13-19-18(16-26)8-9-21-20(19)12-14-25(3)22(10-11-23(21)25)17(2)6-5-7-24(31)27(28,29)30/h8,17,19-24,31-32H,4-7,9-16H2,1-3H3/t17?,19-,20+,21?,22+,23-,24?,25+,26-/m0/s1. The summed E-state index contributed by atoms with van der Waals surface area (Å²) in [6.07, 6.45) is 6.71. The van der Waals surface area contributed by atoms with Crippen LogP contribution in [-0.2, 0) is 0 Å². The molecule has 4 aliphatic carbocycles. The summed E-state index contributed by atoms with van der Waals surface area (Å²) in [4.78, 5) is 0. The molecule has 184 valence electrons. The average Bonchev–Trinajstić information content (AvgIpc) is 3.09. The fraction of sp³-hybridized carbons (Fsp3) is 0.926. The van der Waals surface area contributed by atoms with Crippen LogP contribution in [0, 0.1) is 40.9 Å². The molecule has 0 radical (unpaired) electrons. The molecule has 0 aromatic carbocycles. The molecule has 3 saturated carbocycles. The van der Waals surface area contributed by atoms with Gasteiger partial charge in [0.1, 0.15) is 6.10 Å². The van der Waals surface area contributed by atoms with Crippen LogP contribution in [0.4, 0.5) is 13.2 Å². The molecule has 32 heavy (non-hydrogen) atoms. The van der Waals surface area contributed by atoms with Gasteiger partial charge in [0.15, 0.2) is 0 Å². The first kappa shape index (κ1) is 24.6. The summed E-state index contributed by atoms with van der Waals surface area (Å²) in [7, 11) is 0. The van der Waals surface area contributed by atoms with E-state index in [4.69, 9.17) is 0 Å². The Kier molecular flexibility index (Phi) is 6.84. The predicted molar refractivity (Wildman–Crippen MR) is 121 cm³/mol. The minimum atomic E-state index is -4.49. The molecule has 0 heterocycles. The van der Waals surface area contributed by atoms with Crippen LogP contribution < -0.4 is 0 Å². The zero-order chi connectivity index (χ0) is 23.3. The van der Waals surface area contributed by atoms with Crippen molar-refractivity contribution in [3.8, 4) is 0 Å². The smallest absolute Gasteiger partial charge is 0.390 e. The zero-order valence-corrected chi connectivity index (χ0v) is 20.1. The van der Waals surface area contributed by atoms with E-state index in [1.165, 1.54) is 31.3 Å². The van der Waals surface area contributed by atoms with Crippen molar-refractivity contribution in [2.45, 2.75) is 116 Å². The molecule has 0 amide bonds. The Bertz CT molecular complexity index is 704. The number of rotatable bonds is 6. The second kappa shape index (κ2) is 8.91. The van der Waals surface area contributed by atoms with Crippen LogP contribution in [-0.4, -0.2) is 28.1 Å². The van der Waals surface area contributed by atoms with Crippen molar-refractivity contribution in [1.82, 2.24) is 0 Å². The number of fused-ring (bicyclic) bond motifs is 5. The highest BCUT2D eigenvalue weighted by molar-refractivity contribution is 5.22. The van der Waals surface area contributed by atoms with E-state index in [0.29, 0.717) is 29.6 Å². The molecule has 9 atom stereocenters. The van der Waals surface area contributed by atoms with Gasteiger partial charge in [-0.25, -0.2) is 0 Å². The van der Waals surface area contributed by atoms with E-state index < -0.39 is 17.9 Å².